The summed E-state index contributed by atoms with van der Waals surface area (Å²) < 4.78 is 25.3. The molecule has 1 aliphatic rings. The number of hydrogen-bond acceptors (Lipinski definition) is 4. The standard InChI is InChI=1S/C14H26N2O5S/c1-4-11(3)16(10-13(17)18)14(19)12-7-6-8-15(9-12)22(20,21)5-2/h11-12H,4-10H2,1-3H3,(H,17,18). The monoisotopic (exact) mass is 334 g/mol. The molecule has 0 aromatic heterocycles. The van der Waals surface area contributed by atoms with E-state index in [1.807, 2.05) is 13.8 Å². The van der Waals surface area contributed by atoms with Gasteiger partial charge in [0, 0.05) is 19.1 Å². The molecule has 0 radical (unpaired) electrons. The van der Waals surface area contributed by atoms with Crippen LogP contribution >= 0.6 is 0 Å². The third-order valence-corrected chi connectivity index (χ3v) is 6.05. The van der Waals surface area contributed by atoms with Crippen LogP contribution in [0.3, 0.4) is 0 Å². The molecule has 1 amide bonds. The lowest BCUT2D eigenvalue weighted by Crippen LogP contribution is -2.50. The Morgan fingerprint density at radius 2 is 2.00 bits per heavy atom. The molecule has 1 aliphatic heterocycles. The van der Waals surface area contributed by atoms with Crippen molar-refractivity contribution in [1.82, 2.24) is 9.21 Å². The fourth-order valence-corrected chi connectivity index (χ4v) is 3.81. The smallest absolute Gasteiger partial charge is 0.323 e. The zero-order valence-electron chi connectivity index (χ0n) is 13.5. The van der Waals surface area contributed by atoms with E-state index in [2.05, 4.69) is 0 Å². The number of hydrogen-bond donors (Lipinski definition) is 1. The van der Waals surface area contributed by atoms with Crippen molar-refractivity contribution in [3.05, 3.63) is 0 Å². The van der Waals surface area contributed by atoms with Gasteiger partial charge in [-0.1, -0.05) is 6.92 Å². The van der Waals surface area contributed by atoms with Crippen LogP contribution < -0.4 is 0 Å². The van der Waals surface area contributed by atoms with Crippen LogP contribution in [0.5, 0.6) is 0 Å². The minimum atomic E-state index is -3.32. The minimum absolute atomic E-state index is 0.0120. The molecule has 1 heterocycles. The van der Waals surface area contributed by atoms with Crippen molar-refractivity contribution in [2.75, 3.05) is 25.4 Å². The van der Waals surface area contributed by atoms with Crippen LogP contribution in [-0.2, 0) is 19.6 Å². The van der Waals surface area contributed by atoms with Gasteiger partial charge in [0.2, 0.25) is 15.9 Å². The van der Waals surface area contributed by atoms with Crippen LogP contribution in [-0.4, -0.2) is 66.0 Å². The highest BCUT2D eigenvalue weighted by Gasteiger charge is 2.35. The fourth-order valence-electron chi connectivity index (χ4n) is 2.63. The van der Waals surface area contributed by atoms with Crippen LogP contribution in [0.1, 0.15) is 40.0 Å². The van der Waals surface area contributed by atoms with Gasteiger partial charge in [-0.2, -0.15) is 0 Å². The van der Waals surface area contributed by atoms with E-state index in [0.29, 0.717) is 25.8 Å². The van der Waals surface area contributed by atoms with E-state index in [0.717, 1.165) is 0 Å². The second kappa shape index (κ2) is 7.92. The van der Waals surface area contributed by atoms with E-state index >= 15 is 0 Å². The zero-order chi connectivity index (χ0) is 16.9. The maximum absolute atomic E-state index is 12.6. The Bertz CT molecular complexity index is 505. The van der Waals surface area contributed by atoms with Gasteiger partial charge < -0.3 is 10.0 Å². The fraction of sp³-hybridized carbons (Fsp3) is 0.857. The first-order chi connectivity index (χ1) is 10.2. The molecule has 2 unspecified atom stereocenters. The summed E-state index contributed by atoms with van der Waals surface area (Å²) in [5, 5.41) is 8.99. The van der Waals surface area contributed by atoms with Gasteiger partial charge in [0.25, 0.3) is 0 Å². The molecule has 0 aliphatic carbocycles. The van der Waals surface area contributed by atoms with Crippen molar-refractivity contribution in [2.45, 2.75) is 46.1 Å². The average Bonchev–Trinajstić information content (AvgIpc) is 2.51. The molecule has 22 heavy (non-hydrogen) atoms. The third kappa shape index (κ3) is 4.67. The number of carbonyl (C=O) groups excluding carboxylic acids is 1. The van der Waals surface area contributed by atoms with E-state index < -0.39 is 21.9 Å². The van der Waals surface area contributed by atoms with Crippen molar-refractivity contribution < 1.29 is 23.1 Å². The number of aliphatic carboxylic acids is 1. The molecular weight excluding hydrogens is 308 g/mol. The molecule has 0 aromatic carbocycles. The van der Waals surface area contributed by atoms with Gasteiger partial charge in [-0.25, -0.2) is 12.7 Å². The molecule has 2 atom stereocenters. The summed E-state index contributed by atoms with van der Waals surface area (Å²) in [5.41, 5.74) is 0. The molecule has 8 heteroatoms. The molecule has 0 aromatic rings. The quantitative estimate of drug-likeness (QED) is 0.741. The summed E-state index contributed by atoms with van der Waals surface area (Å²) in [6.07, 6.45) is 1.88. The summed E-state index contributed by atoms with van der Waals surface area (Å²) in [6, 6.07) is -0.179. The van der Waals surface area contributed by atoms with Crippen molar-refractivity contribution >= 4 is 21.9 Å². The molecule has 128 valence electrons. The Hall–Kier alpha value is -1.15. The van der Waals surface area contributed by atoms with Crippen molar-refractivity contribution in [3.63, 3.8) is 0 Å². The summed E-state index contributed by atoms with van der Waals surface area (Å²) in [6.45, 7) is 5.52. The van der Waals surface area contributed by atoms with Gasteiger partial charge in [0.15, 0.2) is 0 Å². The van der Waals surface area contributed by atoms with Crippen molar-refractivity contribution in [2.24, 2.45) is 5.92 Å². The van der Waals surface area contributed by atoms with E-state index in [1.165, 1.54) is 9.21 Å². The number of nitrogens with zero attached hydrogens (tertiary/aromatic N) is 2. The van der Waals surface area contributed by atoms with Crippen molar-refractivity contribution in [1.29, 1.82) is 0 Å². The highest BCUT2D eigenvalue weighted by atomic mass is 32.2. The predicted octanol–water partition coefficient (Wildman–Crippen LogP) is 0.760. The Morgan fingerprint density at radius 3 is 2.50 bits per heavy atom. The Morgan fingerprint density at radius 1 is 1.36 bits per heavy atom. The van der Waals surface area contributed by atoms with Crippen LogP contribution in [0.4, 0.5) is 0 Å². The summed E-state index contributed by atoms with van der Waals surface area (Å²) in [4.78, 5) is 25.0. The normalized spacial score (nSPS) is 21.3. The molecule has 0 spiro atoms. The largest absolute Gasteiger partial charge is 0.480 e. The number of amides is 1. The van der Waals surface area contributed by atoms with E-state index in [4.69, 9.17) is 5.11 Å². The van der Waals surface area contributed by atoms with Gasteiger partial charge in [0.05, 0.1) is 11.7 Å². The molecule has 1 N–H and O–H groups in total. The second-order valence-corrected chi connectivity index (χ2v) is 7.97. The van der Waals surface area contributed by atoms with Gasteiger partial charge in [-0.05, 0) is 33.1 Å². The number of piperidine rings is 1. The third-order valence-electron chi connectivity index (χ3n) is 4.20. The molecule has 0 bridgehead atoms. The van der Waals surface area contributed by atoms with Crippen molar-refractivity contribution in [3.8, 4) is 0 Å². The molecule has 7 nitrogen and oxygen atoms in total. The van der Waals surface area contributed by atoms with E-state index in [9.17, 15) is 18.0 Å². The Balaban J connectivity index is 2.87. The zero-order valence-corrected chi connectivity index (χ0v) is 14.3. The molecule has 1 saturated heterocycles. The first-order valence-corrected chi connectivity index (χ1v) is 9.33. The Labute approximate surface area is 132 Å². The van der Waals surface area contributed by atoms with Crippen LogP contribution in [0.25, 0.3) is 0 Å². The minimum Gasteiger partial charge on any atom is -0.480 e. The molecule has 1 fully saturated rings. The molecule has 1 rings (SSSR count). The Kier molecular flexibility index (Phi) is 6.80. The number of carboxylic acids is 1. The molecular formula is C14H26N2O5S. The topological polar surface area (TPSA) is 95.0 Å². The number of carboxylic acid groups (broad SMARTS) is 1. The number of rotatable bonds is 7. The van der Waals surface area contributed by atoms with Gasteiger partial charge in [-0.3, -0.25) is 9.59 Å². The summed E-state index contributed by atoms with van der Waals surface area (Å²) in [7, 11) is -3.32. The van der Waals surface area contributed by atoms with E-state index in [-0.39, 0.29) is 30.8 Å². The second-order valence-electron chi connectivity index (χ2n) is 5.71. The summed E-state index contributed by atoms with van der Waals surface area (Å²) >= 11 is 0. The lowest BCUT2D eigenvalue weighted by molar-refractivity contribution is -0.148. The van der Waals surface area contributed by atoms with Gasteiger partial charge >= 0.3 is 5.97 Å². The lowest BCUT2D eigenvalue weighted by Gasteiger charge is -2.35. The van der Waals surface area contributed by atoms with Crippen LogP contribution in [0, 0.1) is 5.92 Å². The van der Waals surface area contributed by atoms with Gasteiger partial charge in [-0.15, -0.1) is 0 Å². The predicted molar refractivity (Wildman–Crippen MR) is 82.9 cm³/mol. The lowest BCUT2D eigenvalue weighted by atomic mass is 9.97. The van der Waals surface area contributed by atoms with E-state index in [1.54, 1.807) is 6.92 Å². The highest BCUT2D eigenvalue weighted by Crippen LogP contribution is 2.22. The summed E-state index contributed by atoms with van der Waals surface area (Å²) in [5.74, 6) is -1.75. The SMILES string of the molecule is CCC(C)N(CC(=O)O)C(=O)C1CCCN(S(=O)(=O)CC)C1. The average molecular weight is 334 g/mol. The maximum atomic E-state index is 12.6. The van der Waals surface area contributed by atoms with Gasteiger partial charge in [0.1, 0.15) is 6.54 Å². The first kappa shape index (κ1) is 18.9. The maximum Gasteiger partial charge on any atom is 0.323 e. The number of sulfonamides is 1. The molecule has 0 saturated carbocycles. The van der Waals surface area contributed by atoms with Crippen LogP contribution in [0.15, 0.2) is 0 Å². The number of carbonyl (C=O) groups is 2. The first-order valence-electron chi connectivity index (χ1n) is 7.73. The highest BCUT2D eigenvalue weighted by molar-refractivity contribution is 7.89. The van der Waals surface area contributed by atoms with Crippen LogP contribution in [0.2, 0.25) is 0 Å².